The Morgan fingerprint density at radius 3 is 2.30 bits per heavy atom. The highest BCUT2D eigenvalue weighted by atomic mass is 16.5. The number of para-hydroxylation sites is 1. The molecule has 0 aliphatic rings. The minimum Gasteiger partial charge on any atom is -0.483 e. The van der Waals surface area contributed by atoms with Crippen LogP contribution in [-0.2, 0) is 22.6 Å². The molecule has 5 heteroatoms. The van der Waals surface area contributed by atoms with Crippen molar-refractivity contribution >= 4 is 11.8 Å². The number of hydrogen-bond acceptors (Lipinski definition) is 3. The SMILES string of the molecule is CCCCNC(=O)[C@@H](Cc1ccccc1)N(Cc1ccccc1C)C(=O)COc1ccccc1C(C)C. The standard InChI is InChI=1S/C32H40N2O3/c1-5-6-20-33-32(36)29(21-26-15-8-7-9-16-26)34(22-27-17-11-10-14-25(27)4)31(35)23-37-30-19-13-12-18-28(30)24(2)3/h7-19,24,29H,5-6,20-23H2,1-4H3,(H,33,36)/t29-/m1/s1. The zero-order chi connectivity index (χ0) is 26.6. The third-order valence-corrected chi connectivity index (χ3v) is 6.59. The number of aryl methyl sites for hydroxylation is 1. The van der Waals surface area contributed by atoms with Gasteiger partial charge in [0.15, 0.2) is 6.61 Å². The minimum atomic E-state index is -0.657. The second-order valence-electron chi connectivity index (χ2n) is 9.78. The van der Waals surface area contributed by atoms with Crippen molar-refractivity contribution in [1.29, 1.82) is 0 Å². The molecule has 2 amide bonds. The van der Waals surface area contributed by atoms with E-state index in [1.54, 1.807) is 4.90 Å². The van der Waals surface area contributed by atoms with Gasteiger partial charge in [-0.25, -0.2) is 0 Å². The number of nitrogens with one attached hydrogen (secondary N) is 1. The molecule has 196 valence electrons. The maximum absolute atomic E-state index is 13.8. The highest BCUT2D eigenvalue weighted by Crippen LogP contribution is 2.26. The van der Waals surface area contributed by atoms with Gasteiger partial charge in [0.05, 0.1) is 0 Å². The van der Waals surface area contributed by atoms with Crippen LogP contribution in [0.2, 0.25) is 0 Å². The van der Waals surface area contributed by atoms with Gasteiger partial charge >= 0.3 is 0 Å². The van der Waals surface area contributed by atoms with E-state index in [0.29, 0.717) is 25.3 Å². The molecule has 0 unspecified atom stereocenters. The maximum atomic E-state index is 13.8. The van der Waals surface area contributed by atoms with E-state index in [1.165, 1.54) is 0 Å². The fraction of sp³-hybridized carbons (Fsp3) is 0.375. The monoisotopic (exact) mass is 500 g/mol. The van der Waals surface area contributed by atoms with E-state index in [9.17, 15) is 9.59 Å². The number of ether oxygens (including phenoxy) is 1. The van der Waals surface area contributed by atoms with Crippen LogP contribution in [-0.4, -0.2) is 35.9 Å². The van der Waals surface area contributed by atoms with Crippen LogP contribution in [0.25, 0.3) is 0 Å². The number of carbonyl (C=O) groups is 2. The zero-order valence-corrected chi connectivity index (χ0v) is 22.6. The third-order valence-electron chi connectivity index (χ3n) is 6.59. The molecular formula is C32H40N2O3. The van der Waals surface area contributed by atoms with Gasteiger partial charge in [-0.2, -0.15) is 0 Å². The molecule has 0 aromatic heterocycles. The first-order chi connectivity index (χ1) is 17.9. The quantitative estimate of drug-likeness (QED) is 0.291. The zero-order valence-electron chi connectivity index (χ0n) is 22.6. The number of amides is 2. The van der Waals surface area contributed by atoms with Crippen LogP contribution in [0.5, 0.6) is 5.75 Å². The van der Waals surface area contributed by atoms with Gasteiger partial charge in [-0.3, -0.25) is 9.59 Å². The minimum absolute atomic E-state index is 0.136. The molecule has 0 heterocycles. The lowest BCUT2D eigenvalue weighted by atomic mass is 10.0. The Bertz CT molecular complexity index is 1140. The van der Waals surface area contributed by atoms with Crippen LogP contribution in [0.3, 0.4) is 0 Å². The molecule has 37 heavy (non-hydrogen) atoms. The van der Waals surface area contributed by atoms with Crippen molar-refractivity contribution in [2.75, 3.05) is 13.2 Å². The summed E-state index contributed by atoms with van der Waals surface area (Å²) in [6.45, 7) is 9.11. The fourth-order valence-electron chi connectivity index (χ4n) is 4.34. The first-order valence-corrected chi connectivity index (χ1v) is 13.3. The normalized spacial score (nSPS) is 11.7. The van der Waals surface area contributed by atoms with Crippen molar-refractivity contribution in [3.05, 3.63) is 101 Å². The molecule has 0 radical (unpaired) electrons. The molecule has 0 aliphatic carbocycles. The highest BCUT2D eigenvalue weighted by molar-refractivity contribution is 5.88. The van der Waals surface area contributed by atoms with E-state index in [0.717, 1.165) is 35.1 Å². The van der Waals surface area contributed by atoms with E-state index in [1.807, 2.05) is 85.8 Å². The Balaban J connectivity index is 1.92. The molecule has 3 aromatic carbocycles. The fourth-order valence-corrected chi connectivity index (χ4v) is 4.34. The van der Waals surface area contributed by atoms with Crippen LogP contribution in [0.4, 0.5) is 0 Å². The second-order valence-corrected chi connectivity index (χ2v) is 9.78. The van der Waals surface area contributed by atoms with E-state index in [4.69, 9.17) is 4.74 Å². The van der Waals surface area contributed by atoms with Crippen LogP contribution in [0.15, 0.2) is 78.9 Å². The Labute approximate surface area is 221 Å². The van der Waals surface area contributed by atoms with Crippen molar-refractivity contribution in [1.82, 2.24) is 10.2 Å². The number of benzene rings is 3. The van der Waals surface area contributed by atoms with Gasteiger partial charge in [-0.15, -0.1) is 0 Å². The van der Waals surface area contributed by atoms with Crippen LogP contribution in [0, 0.1) is 6.92 Å². The molecule has 0 fully saturated rings. The van der Waals surface area contributed by atoms with Gasteiger partial charge in [0.1, 0.15) is 11.8 Å². The summed E-state index contributed by atoms with van der Waals surface area (Å²) in [6.07, 6.45) is 2.31. The molecule has 0 aliphatic heterocycles. The Morgan fingerprint density at radius 1 is 0.919 bits per heavy atom. The summed E-state index contributed by atoms with van der Waals surface area (Å²) < 4.78 is 6.06. The first kappa shape index (κ1) is 28.0. The summed E-state index contributed by atoms with van der Waals surface area (Å²) >= 11 is 0. The lowest BCUT2D eigenvalue weighted by Crippen LogP contribution is -2.52. The highest BCUT2D eigenvalue weighted by Gasteiger charge is 2.31. The topological polar surface area (TPSA) is 58.6 Å². The summed E-state index contributed by atoms with van der Waals surface area (Å²) in [6, 6.07) is 25.0. The predicted octanol–water partition coefficient (Wildman–Crippen LogP) is 6.05. The van der Waals surface area contributed by atoms with E-state index in [-0.39, 0.29) is 24.3 Å². The molecule has 0 spiro atoms. The molecule has 1 atom stereocenters. The van der Waals surface area contributed by atoms with E-state index in [2.05, 4.69) is 26.1 Å². The number of hydrogen-bond donors (Lipinski definition) is 1. The number of unbranched alkanes of at least 4 members (excludes halogenated alkanes) is 1. The van der Waals surface area contributed by atoms with Crippen molar-refractivity contribution < 1.29 is 14.3 Å². The Hall–Kier alpha value is -3.60. The van der Waals surface area contributed by atoms with Gasteiger partial charge in [-0.1, -0.05) is 100.0 Å². The van der Waals surface area contributed by atoms with Crippen LogP contribution in [0.1, 0.15) is 61.8 Å². The number of nitrogens with zero attached hydrogens (tertiary/aromatic N) is 1. The van der Waals surface area contributed by atoms with Crippen molar-refractivity contribution in [3.8, 4) is 5.75 Å². The maximum Gasteiger partial charge on any atom is 0.261 e. The number of rotatable bonds is 13. The summed E-state index contributed by atoms with van der Waals surface area (Å²) in [5.41, 5.74) is 4.15. The lowest BCUT2D eigenvalue weighted by molar-refractivity contribution is -0.142. The van der Waals surface area contributed by atoms with Gasteiger partial charge in [0, 0.05) is 19.5 Å². The molecular weight excluding hydrogens is 460 g/mol. The average molecular weight is 501 g/mol. The van der Waals surface area contributed by atoms with Crippen molar-refractivity contribution in [2.45, 2.75) is 65.5 Å². The van der Waals surface area contributed by atoms with Crippen molar-refractivity contribution in [3.63, 3.8) is 0 Å². The molecule has 0 bridgehead atoms. The molecule has 1 N–H and O–H groups in total. The summed E-state index contributed by atoms with van der Waals surface area (Å²) in [5, 5.41) is 3.06. The number of carbonyl (C=O) groups excluding carboxylic acids is 2. The largest absolute Gasteiger partial charge is 0.483 e. The molecule has 3 aromatic rings. The molecule has 5 nitrogen and oxygen atoms in total. The van der Waals surface area contributed by atoms with Crippen LogP contribution < -0.4 is 10.1 Å². The summed E-state index contributed by atoms with van der Waals surface area (Å²) in [4.78, 5) is 29.0. The van der Waals surface area contributed by atoms with Gasteiger partial charge in [0.2, 0.25) is 5.91 Å². The second kappa shape index (κ2) is 14.2. The van der Waals surface area contributed by atoms with E-state index < -0.39 is 6.04 Å². The average Bonchev–Trinajstić information content (AvgIpc) is 2.91. The first-order valence-electron chi connectivity index (χ1n) is 13.3. The molecule has 3 rings (SSSR count). The van der Waals surface area contributed by atoms with E-state index >= 15 is 0 Å². The Morgan fingerprint density at radius 2 is 1.59 bits per heavy atom. The van der Waals surface area contributed by atoms with Crippen molar-refractivity contribution in [2.24, 2.45) is 0 Å². The summed E-state index contributed by atoms with van der Waals surface area (Å²) in [5.74, 6) is 0.619. The Kier molecular flexibility index (Phi) is 10.8. The molecule has 0 saturated carbocycles. The van der Waals surface area contributed by atoms with Crippen LogP contribution >= 0.6 is 0 Å². The van der Waals surface area contributed by atoms with Gasteiger partial charge in [0.25, 0.3) is 5.91 Å². The molecule has 0 saturated heterocycles. The van der Waals surface area contributed by atoms with Gasteiger partial charge < -0.3 is 15.0 Å². The third kappa shape index (κ3) is 8.21. The summed E-state index contributed by atoms with van der Waals surface area (Å²) in [7, 11) is 0. The predicted molar refractivity (Wildman–Crippen MR) is 150 cm³/mol. The lowest BCUT2D eigenvalue weighted by Gasteiger charge is -2.32. The van der Waals surface area contributed by atoms with Gasteiger partial charge in [-0.05, 0) is 47.6 Å². The smallest absolute Gasteiger partial charge is 0.261 e.